The molecule has 4 fully saturated rings. The summed E-state index contributed by atoms with van der Waals surface area (Å²) in [6.07, 6.45) is 6.19. The predicted molar refractivity (Wildman–Crippen MR) is 94.5 cm³/mol. The second kappa shape index (κ2) is 5.10. The van der Waals surface area contributed by atoms with E-state index in [4.69, 9.17) is 0 Å². The molecule has 2 heteroatoms. The number of aromatic hydroxyl groups is 1. The Bertz CT molecular complexity index is 734. The van der Waals surface area contributed by atoms with Crippen LogP contribution in [0.2, 0.25) is 0 Å². The van der Waals surface area contributed by atoms with Gasteiger partial charge in [-0.2, -0.15) is 0 Å². The van der Waals surface area contributed by atoms with Crippen molar-refractivity contribution in [1.82, 2.24) is 0 Å². The fraction of sp³-hybridized carbons (Fsp3) is 0.455. The van der Waals surface area contributed by atoms with Gasteiger partial charge < -0.3 is 10.2 Å². The molecule has 4 saturated carbocycles. The fourth-order valence-corrected chi connectivity index (χ4v) is 6.01. The molecule has 0 unspecified atom stereocenters. The van der Waals surface area contributed by atoms with E-state index < -0.39 is 5.60 Å². The maximum absolute atomic E-state index is 11.6. The SMILES string of the molecule is Oc1ccccc1-c1ccc(C2(O)C3CC4CC(C3)CC2C4)cc1. The van der Waals surface area contributed by atoms with Crippen molar-refractivity contribution < 1.29 is 10.2 Å². The van der Waals surface area contributed by atoms with E-state index in [0.29, 0.717) is 17.6 Å². The Morgan fingerprint density at radius 3 is 1.92 bits per heavy atom. The van der Waals surface area contributed by atoms with E-state index in [1.165, 1.54) is 32.1 Å². The fourth-order valence-electron chi connectivity index (χ4n) is 6.01. The highest BCUT2D eigenvalue weighted by atomic mass is 16.3. The zero-order valence-electron chi connectivity index (χ0n) is 13.9. The lowest BCUT2D eigenvalue weighted by atomic mass is 9.48. The molecule has 4 aliphatic carbocycles. The van der Waals surface area contributed by atoms with E-state index in [1.807, 2.05) is 30.3 Å². The number of para-hydroxylation sites is 1. The third kappa shape index (κ3) is 1.99. The maximum atomic E-state index is 11.6. The van der Waals surface area contributed by atoms with Crippen molar-refractivity contribution in [2.24, 2.45) is 23.7 Å². The number of benzene rings is 2. The van der Waals surface area contributed by atoms with Crippen molar-refractivity contribution in [2.45, 2.75) is 37.7 Å². The quantitative estimate of drug-likeness (QED) is 0.842. The van der Waals surface area contributed by atoms with Crippen molar-refractivity contribution in [3.63, 3.8) is 0 Å². The molecule has 4 aliphatic rings. The maximum Gasteiger partial charge on any atom is 0.123 e. The Morgan fingerprint density at radius 1 is 0.750 bits per heavy atom. The first-order valence-corrected chi connectivity index (χ1v) is 9.26. The molecule has 6 rings (SSSR count). The molecule has 2 aromatic rings. The molecule has 0 radical (unpaired) electrons. The highest BCUT2D eigenvalue weighted by Crippen LogP contribution is 2.61. The zero-order chi connectivity index (χ0) is 16.3. The average Bonchev–Trinajstić information content (AvgIpc) is 2.59. The van der Waals surface area contributed by atoms with Crippen LogP contribution in [0.5, 0.6) is 5.75 Å². The van der Waals surface area contributed by atoms with Gasteiger partial charge in [0.15, 0.2) is 0 Å². The monoisotopic (exact) mass is 320 g/mol. The van der Waals surface area contributed by atoms with E-state index in [-0.39, 0.29) is 0 Å². The number of aliphatic hydroxyl groups is 1. The lowest BCUT2D eigenvalue weighted by Gasteiger charge is -2.59. The molecule has 4 bridgehead atoms. The third-order valence-corrected chi connectivity index (χ3v) is 6.95. The second-order valence-corrected chi connectivity index (χ2v) is 8.22. The molecule has 2 aromatic carbocycles. The Labute approximate surface area is 143 Å². The zero-order valence-corrected chi connectivity index (χ0v) is 13.9. The normalized spacial score (nSPS) is 36.9. The molecule has 124 valence electrons. The minimum Gasteiger partial charge on any atom is -0.507 e. The van der Waals surface area contributed by atoms with E-state index in [1.54, 1.807) is 6.07 Å². The number of rotatable bonds is 2. The van der Waals surface area contributed by atoms with Crippen LogP contribution in [0, 0.1) is 23.7 Å². The van der Waals surface area contributed by atoms with Gasteiger partial charge in [0.1, 0.15) is 5.75 Å². The van der Waals surface area contributed by atoms with Crippen LogP contribution in [-0.2, 0) is 5.60 Å². The van der Waals surface area contributed by atoms with Crippen LogP contribution in [0.4, 0.5) is 0 Å². The highest BCUT2D eigenvalue weighted by molar-refractivity contribution is 5.70. The van der Waals surface area contributed by atoms with Crippen LogP contribution in [0.25, 0.3) is 11.1 Å². The summed E-state index contributed by atoms with van der Waals surface area (Å²) >= 11 is 0. The molecule has 0 aromatic heterocycles. The van der Waals surface area contributed by atoms with Crippen LogP contribution in [-0.4, -0.2) is 10.2 Å². The average molecular weight is 320 g/mol. The van der Waals surface area contributed by atoms with Gasteiger partial charge >= 0.3 is 0 Å². The molecule has 0 atom stereocenters. The Hall–Kier alpha value is -1.80. The van der Waals surface area contributed by atoms with Crippen LogP contribution in [0.15, 0.2) is 48.5 Å². The van der Waals surface area contributed by atoms with E-state index in [2.05, 4.69) is 12.1 Å². The van der Waals surface area contributed by atoms with Crippen molar-refractivity contribution in [3.05, 3.63) is 54.1 Å². The summed E-state index contributed by atoms with van der Waals surface area (Å²) < 4.78 is 0. The van der Waals surface area contributed by atoms with Crippen molar-refractivity contribution >= 4 is 0 Å². The predicted octanol–water partition coefficient (Wildman–Crippen LogP) is 4.70. The number of hydrogen-bond acceptors (Lipinski definition) is 2. The molecular formula is C22H24O2. The van der Waals surface area contributed by atoms with Gasteiger partial charge in [0, 0.05) is 5.56 Å². The summed E-state index contributed by atoms with van der Waals surface area (Å²) in [6.45, 7) is 0. The van der Waals surface area contributed by atoms with Gasteiger partial charge in [-0.15, -0.1) is 0 Å². The summed E-state index contributed by atoms with van der Waals surface area (Å²) in [5.41, 5.74) is 2.30. The van der Waals surface area contributed by atoms with Crippen LogP contribution >= 0.6 is 0 Å². The Morgan fingerprint density at radius 2 is 1.33 bits per heavy atom. The van der Waals surface area contributed by atoms with Crippen molar-refractivity contribution in [2.75, 3.05) is 0 Å². The first-order chi connectivity index (χ1) is 11.6. The molecule has 0 spiro atoms. The van der Waals surface area contributed by atoms with Crippen molar-refractivity contribution in [1.29, 1.82) is 0 Å². The van der Waals surface area contributed by atoms with Gasteiger partial charge in [-0.1, -0.05) is 42.5 Å². The highest BCUT2D eigenvalue weighted by Gasteiger charge is 2.57. The smallest absolute Gasteiger partial charge is 0.123 e. The second-order valence-electron chi connectivity index (χ2n) is 8.22. The van der Waals surface area contributed by atoms with Crippen LogP contribution in [0.3, 0.4) is 0 Å². The molecule has 0 amide bonds. The van der Waals surface area contributed by atoms with Crippen LogP contribution < -0.4 is 0 Å². The lowest BCUT2D eigenvalue weighted by Crippen LogP contribution is -2.55. The first kappa shape index (κ1) is 14.5. The van der Waals surface area contributed by atoms with Gasteiger partial charge in [0.25, 0.3) is 0 Å². The number of phenolic OH excluding ortho intramolecular Hbond substituents is 1. The summed E-state index contributed by atoms with van der Waals surface area (Å²) in [7, 11) is 0. The molecule has 0 aliphatic heterocycles. The standard InChI is InChI=1S/C22H24O2/c23-21-4-2-1-3-20(21)16-5-7-17(8-6-16)22(24)18-10-14-9-15(12-18)13-19(22)11-14/h1-8,14-15,18-19,23-24H,9-13H2. The van der Waals surface area contributed by atoms with Crippen LogP contribution in [0.1, 0.15) is 37.7 Å². The van der Waals surface area contributed by atoms with Gasteiger partial charge in [-0.05, 0) is 73.0 Å². The summed E-state index contributed by atoms with van der Waals surface area (Å²) in [5.74, 6) is 2.88. The van der Waals surface area contributed by atoms with Gasteiger partial charge in [-0.3, -0.25) is 0 Å². The lowest BCUT2D eigenvalue weighted by molar-refractivity contribution is -0.179. The number of hydrogen-bond donors (Lipinski definition) is 2. The van der Waals surface area contributed by atoms with Crippen molar-refractivity contribution in [3.8, 4) is 16.9 Å². The Kier molecular flexibility index (Phi) is 3.09. The summed E-state index contributed by atoms with van der Waals surface area (Å²) in [6, 6.07) is 15.7. The molecular weight excluding hydrogens is 296 g/mol. The minimum atomic E-state index is -0.634. The molecule has 2 nitrogen and oxygen atoms in total. The topological polar surface area (TPSA) is 40.5 Å². The van der Waals surface area contributed by atoms with E-state index >= 15 is 0 Å². The molecule has 0 heterocycles. The Balaban J connectivity index is 1.50. The van der Waals surface area contributed by atoms with E-state index in [0.717, 1.165) is 28.5 Å². The minimum absolute atomic E-state index is 0.304. The van der Waals surface area contributed by atoms with Gasteiger partial charge in [0.05, 0.1) is 5.60 Å². The summed E-state index contributed by atoms with van der Waals surface area (Å²) in [4.78, 5) is 0. The third-order valence-electron chi connectivity index (χ3n) is 6.95. The molecule has 24 heavy (non-hydrogen) atoms. The molecule has 2 N–H and O–H groups in total. The number of phenols is 1. The van der Waals surface area contributed by atoms with Gasteiger partial charge in [-0.25, -0.2) is 0 Å². The first-order valence-electron chi connectivity index (χ1n) is 9.26. The van der Waals surface area contributed by atoms with Gasteiger partial charge in [0.2, 0.25) is 0 Å². The largest absolute Gasteiger partial charge is 0.507 e. The van der Waals surface area contributed by atoms with E-state index in [9.17, 15) is 10.2 Å². The molecule has 0 saturated heterocycles. The summed E-state index contributed by atoms with van der Waals surface area (Å²) in [5, 5.41) is 21.7.